The number of anilines is 1. The second-order valence-corrected chi connectivity index (χ2v) is 6.59. The maximum absolute atomic E-state index is 6.03. The Kier molecular flexibility index (Phi) is 3.86. The van der Waals surface area contributed by atoms with Crippen LogP contribution in [0.15, 0.2) is 18.2 Å². The van der Waals surface area contributed by atoms with E-state index in [0.29, 0.717) is 5.92 Å². The summed E-state index contributed by atoms with van der Waals surface area (Å²) in [6.45, 7) is 2.04. The Bertz CT molecular complexity index is 668. The number of aryl methyl sites for hydroxylation is 1. The number of benzene rings is 1. The normalized spacial score (nSPS) is 14.4. The number of hydrogen-bond donors (Lipinski definition) is 1. The summed E-state index contributed by atoms with van der Waals surface area (Å²) >= 11 is 8.36. The van der Waals surface area contributed by atoms with Gasteiger partial charge < -0.3 is 5.32 Å². The summed E-state index contributed by atoms with van der Waals surface area (Å²) < 4.78 is 1.14. The van der Waals surface area contributed by atoms with E-state index in [-0.39, 0.29) is 0 Å². The Morgan fingerprint density at radius 3 is 2.65 bits per heavy atom. The Balaban J connectivity index is 2.15. The molecule has 0 unspecified atom stereocenters. The van der Waals surface area contributed by atoms with Crippen LogP contribution in [0.5, 0.6) is 0 Å². The van der Waals surface area contributed by atoms with Crippen molar-refractivity contribution < 1.29 is 0 Å². The molecule has 2 aromatic rings. The summed E-state index contributed by atoms with van der Waals surface area (Å²) in [5, 5.41) is 3.92. The molecule has 1 saturated carbocycles. The number of nitrogens with zero attached hydrogens (tertiary/aromatic N) is 2. The van der Waals surface area contributed by atoms with E-state index in [1.807, 2.05) is 32.2 Å². The molecular weight excluding hydrogens is 385 g/mol. The van der Waals surface area contributed by atoms with Gasteiger partial charge in [-0.2, -0.15) is 0 Å². The van der Waals surface area contributed by atoms with Crippen LogP contribution in [-0.2, 0) is 0 Å². The van der Waals surface area contributed by atoms with Gasteiger partial charge in [-0.3, -0.25) is 0 Å². The molecule has 1 aliphatic carbocycles. The maximum Gasteiger partial charge on any atom is 0.162 e. The molecule has 1 heterocycles. The highest BCUT2D eigenvalue weighted by atomic mass is 127. The monoisotopic (exact) mass is 399 g/mol. The van der Waals surface area contributed by atoms with E-state index in [2.05, 4.69) is 32.9 Å². The van der Waals surface area contributed by atoms with Gasteiger partial charge in [-0.05, 0) is 66.1 Å². The zero-order valence-corrected chi connectivity index (χ0v) is 14.3. The number of halogens is 2. The third-order valence-electron chi connectivity index (χ3n) is 3.51. The number of hydrogen-bond acceptors (Lipinski definition) is 3. The van der Waals surface area contributed by atoms with Crippen LogP contribution >= 0.6 is 34.2 Å². The van der Waals surface area contributed by atoms with Gasteiger partial charge in [-0.15, -0.1) is 0 Å². The third-order valence-corrected chi connectivity index (χ3v) is 4.81. The van der Waals surface area contributed by atoms with Crippen LogP contribution in [0.3, 0.4) is 0 Å². The van der Waals surface area contributed by atoms with Crippen LogP contribution in [0.1, 0.15) is 30.0 Å². The number of aromatic nitrogens is 2. The fourth-order valence-corrected chi connectivity index (χ4v) is 3.43. The summed E-state index contributed by atoms with van der Waals surface area (Å²) in [6, 6.07) is 5.84. The maximum atomic E-state index is 6.03. The van der Waals surface area contributed by atoms with Gasteiger partial charge in [-0.25, -0.2) is 9.97 Å². The van der Waals surface area contributed by atoms with Crippen molar-refractivity contribution in [2.75, 3.05) is 12.4 Å². The van der Waals surface area contributed by atoms with E-state index in [0.717, 1.165) is 31.4 Å². The van der Waals surface area contributed by atoms with Gasteiger partial charge in [0.1, 0.15) is 5.82 Å². The second kappa shape index (κ2) is 5.48. The molecule has 0 atom stereocenters. The highest BCUT2D eigenvalue weighted by molar-refractivity contribution is 14.1. The predicted octanol–water partition coefficient (Wildman–Crippen LogP) is 4.63. The molecule has 0 spiro atoms. The molecule has 1 aliphatic rings. The molecular formula is C15H15ClIN3. The largest absolute Gasteiger partial charge is 0.372 e. The van der Waals surface area contributed by atoms with Crippen molar-refractivity contribution in [3.8, 4) is 11.4 Å². The van der Waals surface area contributed by atoms with Crippen molar-refractivity contribution in [2.45, 2.75) is 25.7 Å². The molecule has 104 valence electrons. The number of rotatable bonds is 3. The summed E-state index contributed by atoms with van der Waals surface area (Å²) in [4.78, 5) is 9.45. The first-order valence-corrected chi connectivity index (χ1v) is 8.07. The molecule has 1 aromatic heterocycles. The first-order valence-electron chi connectivity index (χ1n) is 6.62. The fourth-order valence-electron chi connectivity index (χ4n) is 2.26. The Morgan fingerprint density at radius 2 is 2.05 bits per heavy atom. The zero-order valence-electron chi connectivity index (χ0n) is 11.4. The summed E-state index contributed by atoms with van der Waals surface area (Å²) in [5.74, 6) is 2.29. The molecule has 0 amide bonds. The van der Waals surface area contributed by atoms with Gasteiger partial charge in [0.15, 0.2) is 5.82 Å². The van der Waals surface area contributed by atoms with Crippen molar-refractivity contribution in [3.63, 3.8) is 0 Å². The standard InChI is InChI=1S/C15H15ClIN3/c1-8-7-10(16)5-6-11(8)14-19-13(9-3-4-9)12(17)15(18-2)20-14/h5-7,9H,3-4H2,1-2H3,(H,18,19,20). The summed E-state index contributed by atoms with van der Waals surface area (Å²) in [7, 11) is 1.90. The minimum atomic E-state index is 0.600. The molecule has 1 N–H and O–H groups in total. The van der Waals surface area contributed by atoms with Crippen LogP contribution in [0.2, 0.25) is 5.02 Å². The van der Waals surface area contributed by atoms with E-state index in [1.54, 1.807) is 0 Å². The molecule has 0 saturated heterocycles. The molecule has 0 radical (unpaired) electrons. The van der Waals surface area contributed by atoms with E-state index in [4.69, 9.17) is 16.6 Å². The molecule has 5 heteroatoms. The van der Waals surface area contributed by atoms with Gasteiger partial charge >= 0.3 is 0 Å². The molecule has 3 rings (SSSR count). The van der Waals surface area contributed by atoms with Crippen molar-refractivity contribution in [3.05, 3.63) is 38.0 Å². The first-order chi connectivity index (χ1) is 9.60. The molecule has 3 nitrogen and oxygen atoms in total. The van der Waals surface area contributed by atoms with Gasteiger partial charge in [0.25, 0.3) is 0 Å². The highest BCUT2D eigenvalue weighted by Crippen LogP contribution is 2.43. The van der Waals surface area contributed by atoms with Crippen molar-refractivity contribution in [2.24, 2.45) is 0 Å². The van der Waals surface area contributed by atoms with Crippen LogP contribution in [-0.4, -0.2) is 17.0 Å². The van der Waals surface area contributed by atoms with E-state index in [9.17, 15) is 0 Å². The van der Waals surface area contributed by atoms with E-state index < -0.39 is 0 Å². The lowest BCUT2D eigenvalue weighted by Gasteiger charge is -2.12. The Morgan fingerprint density at radius 1 is 1.30 bits per heavy atom. The lowest BCUT2D eigenvalue weighted by Crippen LogP contribution is -2.05. The summed E-state index contributed by atoms with van der Waals surface area (Å²) in [6.07, 6.45) is 2.46. The number of nitrogens with one attached hydrogen (secondary N) is 1. The molecule has 0 aliphatic heterocycles. The van der Waals surface area contributed by atoms with Crippen molar-refractivity contribution in [1.29, 1.82) is 0 Å². The van der Waals surface area contributed by atoms with Gasteiger partial charge in [-0.1, -0.05) is 11.6 Å². The van der Waals surface area contributed by atoms with Crippen LogP contribution in [0.4, 0.5) is 5.82 Å². The third kappa shape index (κ3) is 2.63. The quantitative estimate of drug-likeness (QED) is 0.765. The predicted molar refractivity (Wildman–Crippen MR) is 91.5 cm³/mol. The van der Waals surface area contributed by atoms with Crippen molar-refractivity contribution >= 4 is 40.0 Å². The van der Waals surface area contributed by atoms with Gasteiger partial charge in [0, 0.05) is 23.6 Å². The van der Waals surface area contributed by atoms with Crippen LogP contribution in [0, 0.1) is 10.5 Å². The van der Waals surface area contributed by atoms with Gasteiger partial charge in [0.2, 0.25) is 0 Å². The topological polar surface area (TPSA) is 37.8 Å². The Labute approximate surface area is 137 Å². The lowest BCUT2D eigenvalue weighted by molar-refractivity contribution is 0.977. The first kappa shape index (κ1) is 14.1. The minimum Gasteiger partial charge on any atom is -0.372 e. The highest BCUT2D eigenvalue weighted by Gasteiger charge is 2.29. The molecule has 20 heavy (non-hydrogen) atoms. The zero-order chi connectivity index (χ0) is 14.3. The van der Waals surface area contributed by atoms with E-state index in [1.165, 1.54) is 18.5 Å². The second-order valence-electron chi connectivity index (χ2n) is 5.08. The smallest absolute Gasteiger partial charge is 0.162 e. The molecule has 1 aromatic carbocycles. The average Bonchev–Trinajstić information content (AvgIpc) is 3.24. The fraction of sp³-hybridized carbons (Fsp3) is 0.333. The average molecular weight is 400 g/mol. The van der Waals surface area contributed by atoms with Crippen LogP contribution in [0.25, 0.3) is 11.4 Å². The van der Waals surface area contributed by atoms with Crippen LogP contribution < -0.4 is 5.32 Å². The molecule has 1 fully saturated rings. The summed E-state index contributed by atoms with van der Waals surface area (Å²) in [5.41, 5.74) is 3.32. The SMILES string of the molecule is CNc1nc(-c2ccc(Cl)cc2C)nc(C2CC2)c1I. The minimum absolute atomic E-state index is 0.600. The Hall–Kier alpha value is -0.880. The lowest BCUT2D eigenvalue weighted by atomic mass is 10.1. The van der Waals surface area contributed by atoms with E-state index >= 15 is 0 Å². The van der Waals surface area contributed by atoms with Gasteiger partial charge in [0.05, 0.1) is 9.26 Å². The molecule has 0 bridgehead atoms. The van der Waals surface area contributed by atoms with Crippen molar-refractivity contribution in [1.82, 2.24) is 9.97 Å².